The SMILES string of the molecule is C=C1N(CC)c2ccc(/C=C(\C#N)C(=O)OC(C)(C)C)cc2C1(C)C. The van der Waals surface area contributed by atoms with Crippen LogP contribution in [0.25, 0.3) is 6.08 Å². The molecule has 132 valence electrons. The number of nitrogens with zero attached hydrogens (tertiary/aromatic N) is 2. The number of esters is 1. The van der Waals surface area contributed by atoms with E-state index in [2.05, 4.69) is 32.3 Å². The first-order valence-corrected chi connectivity index (χ1v) is 8.48. The fourth-order valence-electron chi connectivity index (χ4n) is 3.02. The molecule has 25 heavy (non-hydrogen) atoms. The predicted octanol–water partition coefficient (Wildman–Crippen LogP) is 4.57. The van der Waals surface area contributed by atoms with Crippen molar-refractivity contribution in [2.45, 2.75) is 52.6 Å². The molecule has 1 aliphatic heterocycles. The lowest BCUT2D eigenvalue weighted by molar-refractivity contribution is -0.149. The van der Waals surface area contributed by atoms with E-state index >= 15 is 0 Å². The van der Waals surface area contributed by atoms with Crippen LogP contribution in [0.1, 0.15) is 52.7 Å². The first-order chi connectivity index (χ1) is 11.5. The molecule has 0 fully saturated rings. The predicted molar refractivity (Wildman–Crippen MR) is 101 cm³/mol. The van der Waals surface area contributed by atoms with E-state index in [1.54, 1.807) is 26.8 Å². The third-order valence-corrected chi connectivity index (χ3v) is 4.40. The van der Waals surface area contributed by atoms with Gasteiger partial charge in [0, 0.05) is 23.3 Å². The Morgan fingerprint density at radius 1 is 1.40 bits per heavy atom. The second kappa shape index (κ2) is 6.40. The van der Waals surface area contributed by atoms with Gasteiger partial charge in [-0.1, -0.05) is 26.5 Å². The molecule has 0 N–H and O–H groups in total. The number of anilines is 1. The average Bonchev–Trinajstić information content (AvgIpc) is 2.70. The number of likely N-dealkylation sites (N-methyl/N-ethyl adjacent to an activating group) is 1. The lowest BCUT2D eigenvalue weighted by Crippen LogP contribution is -2.24. The number of fused-ring (bicyclic) bond motifs is 1. The summed E-state index contributed by atoms with van der Waals surface area (Å²) in [6.45, 7) is 16.8. The maximum atomic E-state index is 12.2. The van der Waals surface area contributed by atoms with Crippen LogP contribution in [0.15, 0.2) is 36.0 Å². The van der Waals surface area contributed by atoms with Crippen LogP contribution in [0.4, 0.5) is 5.69 Å². The van der Waals surface area contributed by atoms with Gasteiger partial charge in [-0.25, -0.2) is 4.79 Å². The molecular weight excluding hydrogens is 312 g/mol. The summed E-state index contributed by atoms with van der Waals surface area (Å²) < 4.78 is 5.30. The smallest absolute Gasteiger partial charge is 0.349 e. The molecule has 4 nitrogen and oxygen atoms in total. The van der Waals surface area contributed by atoms with E-state index in [0.717, 1.165) is 29.1 Å². The summed E-state index contributed by atoms with van der Waals surface area (Å²) in [5.41, 5.74) is 3.32. The number of ether oxygens (including phenoxy) is 1. The zero-order valence-corrected chi connectivity index (χ0v) is 15.9. The molecule has 0 unspecified atom stereocenters. The number of allylic oxidation sites excluding steroid dienone is 1. The Morgan fingerprint density at radius 3 is 2.56 bits per heavy atom. The van der Waals surface area contributed by atoms with Crippen LogP contribution >= 0.6 is 0 Å². The summed E-state index contributed by atoms with van der Waals surface area (Å²) in [7, 11) is 0. The highest BCUT2D eigenvalue weighted by Crippen LogP contribution is 2.47. The van der Waals surface area contributed by atoms with Crippen molar-refractivity contribution in [3.8, 4) is 6.07 Å². The highest BCUT2D eigenvalue weighted by Gasteiger charge is 2.38. The van der Waals surface area contributed by atoms with Crippen LogP contribution in [0.5, 0.6) is 0 Å². The third-order valence-electron chi connectivity index (χ3n) is 4.40. The van der Waals surface area contributed by atoms with Gasteiger partial charge in [0.25, 0.3) is 0 Å². The van der Waals surface area contributed by atoms with Crippen LogP contribution in [0.3, 0.4) is 0 Å². The van der Waals surface area contributed by atoms with Crippen molar-refractivity contribution < 1.29 is 9.53 Å². The van der Waals surface area contributed by atoms with E-state index in [4.69, 9.17) is 4.74 Å². The van der Waals surface area contributed by atoms with E-state index in [1.807, 2.05) is 24.3 Å². The van der Waals surface area contributed by atoms with Crippen molar-refractivity contribution in [2.24, 2.45) is 0 Å². The normalized spacial score (nSPS) is 16.4. The molecule has 0 bridgehead atoms. The average molecular weight is 338 g/mol. The van der Waals surface area contributed by atoms with Gasteiger partial charge in [0.05, 0.1) is 0 Å². The quantitative estimate of drug-likeness (QED) is 0.460. The number of carbonyl (C=O) groups is 1. The Morgan fingerprint density at radius 2 is 2.04 bits per heavy atom. The summed E-state index contributed by atoms with van der Waals surface area (Å²) in [4.78, 5) is 14.4. The maximum absolute atomic E-state index is 12.2. The first-order valence-electron chi connectivity index (χ1n) is 8.48. The summed E-state index contributed by atoms with van der Waals surface area (Å²) in [5.74, 6) is -0.602. The summed E-state index contributed by atoms with van der Waals surface area (Å²) in [6.07, 6.45) is 1.59. The minimum Gasteiger partial charge on any atom is -0.456 e. The van der Waals surface area contributed by atoms with Gasteiger partial charge < -0.3 is 9.64 Å². The Kier molecular flexibility index (Phi) is 4.81. The van der Waals surface area contributed by atoms with Gasteiger partial charge in [0.15, 0.2) is 0 Å². The van der Waals surface area contributed by atoms with Gasteiger partial charge in [0.2, 0.25) is 0 Å². The molecule has 0 saturated heterocycles. The topological polar surface area (TPSA) is 53.3 Å². The van der Waals surface area contributed by atoms with E-state index in [1.165, 1.54) is 0 Å². The highest BCUT2D eigenvalue weighted by molar-refractivity contribution is 5.98. The van der Waals surface area contributed by atoms with E-state index in [9.17, 15) is 10.1 Å². The van der Waals surface area contributed by atoms with Crippen molar-refractivity contribution in [3.63, 3.8) is 0 Å². The van der Waals surface area contributed by atoms with Gasteiger partial charge >= 0.3 is 5.97 Å². The van der Waals surface area contributed by atoms with Crippen molar-refractivity contribution >= 4 is 17.7 Å². The second-order valence-corrected chi connectivity index (χ2v) is 7.76. The lowest BCUT2D eigenvalue weighted by Gasteiger charge is -2.24. The maximum Gasteiger partial charge on any atom is 0.349 e. The van der Waals surface area contributed by atoms with E-state index in [-0.39, 0.29) is 11.0 Å². The largest absolute Gasteiger partial charge is 0.456 e. The van der Waals surface area contributed by atoms with E-state index in [0.29, 0.717) is 0 Å². The standard InChI is InChI=1S/C21H26N2O2/c1-8-23-14(2)21(6,7)17-12-15(9-10-18(17)23)11-16(13-22)19(24)25-20(3,4)5/h9-12H,2,8H2,1,3-7H3/b16-11+. The van der Waals surface area contributed by atoms with Gasteiger partial charge in [-0.3, -0.25) is 0 Å². The lowest BCUT2D eigenvalue weighted by atomic mass is 9.83. The van der Waals surface area contributed by atoms with Crippen LogP contribution in [0, 0.1) is 11.3 Å². The third kappa shape index (κ3) is 3.61. The number of nitriles is 1. The Balaban J connectivity index is 2.43. The first kappa shape index (κ1) is 18.8. The van der Waals surface area contributed by atoms with Gasteiger partial charge in [-0.05, 0) is 57.0 Å². The van der Waals surface area contributed by atoms with Crippen LogP contribution < -0.4 is 4.90 Å². The summed E-state index contributed by atoms with van der Waals surface area (Å²) in [5, 5.41) is 9.33. The van der Waals surface area contributed by atoms with Crippen LogP contribution in [-0.2, 0) is 14.9 Å². The minimum absolute atomic E-state index is 0.00291. The van der Waals surface area contributed by atoms with E-state index < -0.39 is 11.6 Å². The zero-order valence-electron chi connectivity index (χ0n) is 15.9. The second-order valence-electron chi connectivity index (χ2n) is 7.76. The van der Waals surface area contributed by atoms with Crippen LogP contribution in [-0.4, -0.2) is 18.1 Å². The Hall–Kier alpha value is -2.54. The molecule has 2 rings (SSSR count). The fraction of sp³-hybridized carbons (Fsp3) is 0.429. The molecule has 0 aromatic heterocycles. The summed E-state index contributed by atoms with van der Waals surface area (Å²) in [6, 6.07) is 7.91. The molecule has 0 aliphatic carbocycles. The Labute approximate surface area is 150 Å². The molecule has 0 saturated carbocycles. The molecule has 0 spiro atoms. The number of rotatable bonds is 3. The number of benzene rings is 1. The molecule has 1 aromatic rings. The molecule has 1 aromatic carbocycles. The Bertz CT molecular complexity index is 789. The zero-order chi connectivity index (χ0) is 19.0. The van der Waals surface area contributed by atoms with Gasteiger partial charge in [-0.15, -0.1) is 0 Å². The van der Waals surface area contributed by atoms with Gasteiger partial charge in [0.1, 0.15) is 17.2 Å². The highest BCUT2D eigenvalue weighted by atomic mass is 16.6. The number of hydrogen-bond acceptors (Lipinski definition) is 4. The fourth-order valence-corrected chi connectivity index (χ4v) is 3.02. The molecule has 0 radical (unpaired) electrons. The van der Waals surface area contributed by atoms with Crippen molar-refractivity contribution in [1.29, 1.82) is 5.26 Å². The molecule has 1 heterocycles. The van der Waals surface area contributed by atoms with Crippen LogP contribution in [0.2, 0.25) is 0 Å². The van der Waals surface area contributed by atoms with Crippen molar-refractivity contribution in [3.05, 3.63) is 47.2 Å². The summed E-state index contributed by atoms with van der Waals surface area (Å²) >= 11 is 0. The molecule has 0 amide bonds. The number of hydrogen-bond donors (Lipinski definition) is 0. The molecule has 0 atom stereocenters. The molecule has 4 heteroatoms. The molecular formula is C21H26N2O2. The monoisotopic (exact) mass is 338 g/mol. The molecule has 1 aliphatic rings. The number of carbonyl (C=O) groups excluding carboxylic acids is 1. The minimum atomic E-state index is -0.633. The van der Waals surface area contributed by atoms with Crippen molar-refractivity contribution in [1.82, 2.24) is 0 Å². The van der Waals surface area contributed by atoms with Crippen molar-refractivity contribution in [2.75, 3.05) is 11.4 Å². The van der Waals surface area contributed by atoms with Gasteiger partial charge in [-0.2, -0.15) is 5.26 Å².